The first kappa shape index (κ1) is 24.0. The molecule has 2 aromatic carbocycles. The number of hydrogen-bond donors (Lipinski definition) is 4. The summed E-state index contributed by atoms with van der Waals surface area (Å²) in [6.45, 7) is 4.82. The molecule has 0 spiro atoms. The van der Waals surface area contributed by atoms with Crippen molar-refractivity contribution in [2.45, 2.75) is 19.9 Å². The molecule has 0 aliphatic rings. The Bertz CT molecular complexity index is 800. The fourth-order valence-corrected chi connectivity index (χ4v) is 2.95. The van der Waals surface area contributed by atoms with E-state index < -0.39 is 0 Å². The van der Waals surface area contributed by atoms with E-state index in [0.29, 0.717) is 35.3 Å². The Morgan fingerprint density at radius 3 is 2.50 bits per heavy atom. The van der Waals surface area contributed by atoms with Gasteiger partial charge in [-0.2, -0.15) is 0 Å². The molecule has 0 aliphatic heterocycles. The molecule has 0 aliphatic carbocycles. The van der Waals surface area contributed by atoms with E-state index in [9.17, 15) is 4.79 Å². The number of amides is 1. The van der Waals surface area contributed by atoms with Crippen molar-refractivity contribution in [1.82, 2.24) is 10.6 Å². The minimum absolute atomic E-state index is 0.144. The molecule has 0 saturated carbocycles. The summed E-state index contributed by atoms with van der Waals surface area (Å²) in [5, 5.41) is 18.5. The summed E-state index contributed by atoms with van der Waals surface area (Å²) >= 11 is 6.38. The average Bonchev–Trinajstić information content (AvgIpc) is 2.74. The maximum absolute atomic E-state index is 12.2. The first-order valence-electron chi connectivity index (χ1n) is 9.91. The monoisotopic (exact) mass is 435 g/mol. The Morgan fingerprint density at radius 1 is 1.07 bits per heavy atom. The van der Waals surface area contributed by atoms with Crippen LogP contribution < -0.4 is 25.4 Å². The van der Waals surface area contributed by atoms with Gasteiger partial charge in [-0.15, -0.1) is 0 Å². The number of aliphatic hydroxyl groups is 1. The molecule has 0 bridgehead atoms. The number of carbonyl (C=O) groups excluding carboxylic acids is 1. The van der Waals surface area contributed by atoms with E-state index in [1.807, 2.05) is 37.3 Å². The molecule has 2 aromatic rings. The normalized spacial score (nSPS) is 10.7. The van der Waals surface area contributed by atoms with Crippen LogP contribution in [-0.4, -0.2) is 51.0 Å². The fourth-order valence-electron chi connectivity index (χ4n) is 2.73. The van der Waals surface area contributed by atoms with Crippen LogP contribution >= 0.6 is 11.6 Å². The van der Waals surface area contributed by atoms with E-state index >= 15 is 0 Å². The van der Waals surface area contributed by atoms with Gasteiger partial charge in [0.2, 0.25) is 0 Å². The summed E-state index contributed by atoms with van der Waals surface area (Å²) in [4.78, 5) is 12.2. The van der Waals surface area contributed by atoms with Crippen molar-refractivity contribution in [2.75, 3.05) is 45.3 Å². The second kappa shape index (κ2) is 13.1. The molecule has 0 fully saturated rings. The fraction of sp³-hybridized carbons (Fsp3) is 0.409. The van der Waals surface area contributed by atoms with Crippen molar-refractivity contribution in [3.8, 4) is 11.5 Å². The van der Waals surface area contributed by atoms with E-state index in [-0.39, 0.29) is 19.1 Å². The summed E-state index contributed by atoms with van der Waals surface area (Å²) < 4.78 is 11.0. The first-order valence-corrected chi connectivity index (χ1v) is 10.3. The molecule has 8 heteroatoms. The Labute approximate surface area is 182 Å². The van der Waals surface area contributed by atoms with Crippen LogP contribution in [0.4, 0.5) is 5.69 Å². The molecule has 1 amide bonds. The highest BCUT2D eigenvalue weighted by molar-refractivity contribution is 6.31. The van der Waals surface area contributed by atoms with Crippen molar-refractivity contribution >= 4 is 23.2 Å². The summed E-state index contributed by atoms with van der Waals surface area (Å²) in [6.07, 6.45) is 0.937. The first-order chi connectivity index (χ1) is 14.5. The summed E-state index contributed by atoms with van der Waals surface area (Å²) in [5.41, 5.74) is 2.72. The molecular formula is C22H30ClN3O4. The van der Waals surface area contributed by atoms with Gasteiger partial charge in [0.25, 0.3) is 5.91 Å². The second-order valence-electron chi connectivity index (χ2n) is 6.80. The van der Waals surface area contributed by atoms with Gasteiger partial charge in [0.15, 0.2) is 18.1 Å². The Kier molecular flexibility index (Phi) is 10.4. The predicted molar refractivity (Wildman–Crippen MR) is 120 cm³/mol. The van der Waals surface area contributed by atoms with Gasteiger partial charge >= 0.3 is 0 Å². The smallest absolute Gasteiger partial charge is 0.262 e. The van der Waals surface area contributed by atoms with E-state index in [4.69, 9.17) is 26.2 Å². The highest BCUT2D eigenvalue weighted by Gasteiger charge is 2.12. The molecule has 164 valence electrons. The van der Waals surface area contributed by atoms with E-state index in [1.54, 1.807) is 13.2 Å². The number of carbonyl (C=O) groups is 1. The largest absolute Gasteiger partial charge is 0.493 e. The lowest BCUT2D eigenvalue weighted by Crippen LogP contribution is -2.24. The van der Waals surface area contributed by atoms with Gasteiger partial charge < -0.3 is 30.5 Å². The molecular weight excluding hydrogens is 406 g/mol. The summed E-state index contributed by atoms with van der Waals surface area (Å²) in [5.74, 6) is 0.667. The number of anilines is 1. The number of ether oxygens (including phenoxy) is 2. The number of aliphatic hydroxyl groups excluding tert-OH is 1. The van der Waals surface area contributed by atoms with E-state index in [0.717, 1.165) is 30.6 Å². The van der Waals surface area contributed by atoms with Crippen molar-refractivity contribution in [3.63, 3.8) is 0 Å². The minimum Gasteiger partial charge on any atom is -0.493 e. The van der Waals surface area contributed by atoms with Gasteiger partial charge in [-0.05, 0) is 50.2 Å². The van der Waals surface area contributed by atoms with Gasteiger partial charge in [0, 0.05) is 29.9 Å². The lowest BCUT2D eigenvalue weighted by atomic mass is 10.2. The number of hydrogen-bond acceptors (Lipinski definition) is 6. The summed E-state index contributed by atoms with van der Waals surface area (Å²) in [6, 6.07) is 11.0. The number of methoxy groups -OCH3 is 1. The molecule has 0 unspecified atom stereocenters. The van der Waals surface area contributed by atoms with Crippen LogP contribution in [0, 0.1) is 6.92 Å². The summed E-state index contributed by atoms with van der Waals surface area (Å²) in [7, 11) is 1.55. The number of nitrogens with one attached hydrogen (secondary N) is 3. The maximum atomic E-state index is 12.2. The zero-order valence-corrected chi connectivity index (χ0v) is 18.2. The molecule has 30 heavy (non-hydrogen) atoms. The third kappa shape index (κ3) is 8.20. The molecule has 0 atom stereocenters. The Hall–Kier alpha value is -2.32. The van der Waals surface area contributed by atoms with Crippen LogP contribution in [0.2, 0.25) is 5.02 Å². The Morgan fingerprint density at radius 2 is 1.80 bits per heavy atom. The lowest BCUT2D eigenvalue weighted by Gasteiger charge is -2.14. The molecule has 4 N–H and O–H groups in total. The Balaban J connectivity index is 1.85. The topological polar surface area (TPSA) is 91.8 Å². The number of halogens is 1. The molecule has 0 heterocycles. The van der Waals surface area contributed by atoms with Crippen LogP contribution in [0.5, 0.6) is 11.5 Å². The lowest BCUT2D eigenvalue weighted by molar-refractivity contribution is -0.118. The van der Waals surface area contributed by atoms with E-state index in [1.165, 1.54) is 0 Å². The van der Waals surface area contributed by atoms with Gasteiger partial charge in [-0.25, -0.2) is 0 Å². The van der Waals surface area contributed by atoms with Crippen LogP contribution in [0.1, 0.15) is 17.5 Å². The predicted octanol–water partition coefficient (Wildman–Crippen LogP) is 2.74. The van der Waals surface area contributed by atoms with Gasteiger partial charge in [0.1, 0.15) is 0 Å². The minimum atomic E-state index is -0.266. The van der Waals surface area contributed by atoms with Gasteiger partial charge in [0.05, 0.1) is 13.7 Å². The highest BCUT2D eigenvalue weighted by atomic mass is 35.5. The SMILES string of the molecule is COc1cc(CNCCCNCCO)c(Cl)cc1OCC(=O)Nc1ccc(C)cc1. The number of aryl methyl sites for hydroxylation is 1. The molecule has 2 rings (SSSR count). The van der Waals surface area contributed by atoms with E-state index in [2.05, 4.69) is 16.0 Å². The average molecular weight is 436 g/mol. The number of rotatable bonds is 13. The van der Waals surface area contributed by atoms with Gasteiger partial charge in [-0.3, -0.25) is 4.79 Å². The highest BCUT2D eigenvalue weighted by Crippen LogP contribution is 2.33. The third-order valence-electron chi connectivity index (χ3n) is 4.34. The quantitative estimate of drug-likeness (QED) is 0.362. The van der Waals surface area contributed by atoms with Crippen molar-refractivity contribution in [3.05, 3.63) is 52.5 Å². The maximum Gasteiger partial charge on any atom is 0.262 e. The molecule has 0 aromatic heterocycles. The molecule has 0 saturated heterocycles. The van der Waals surface area contributed by atoms with Gasteiger partial charge in [-0.1, -0.05) is 29.3 Å². The zero-order chi connectivity index (χ0) is 21.8. The molecule has 7 nitrogen and oxygen atoms in total. The second-order valence-corrected chi connectivity index (χ2v) is 7.21. The standard InChI is InChI=1S/C22H30ClN3O4/c1-16-4-6-18(7-5-16)26-22(28)15-30-21-13-19(23)17(12-20(21)29-2)14-25-9-3-8-24-10-11-27/h4-7,12-13,24-25,27H,3,8-11,14-15H2,1-2H3,(H,26,28). The van der Waals surface area contributed by atoms with Crippen molar-refractivity contribution < 1.29 is 19.4 Å². The van der Waals surface area contributed by atoms with Crippen LogP contribution in [0.3, 0.4) is 0 Å². The molecule has 0 radical (unpaired) electrons. The third-order valence-corrected chi connectivity index (χ3v) is 4.69. The van der Waals surface area contributed by atoms with Crippen molar-refractivity contribution in [2.24, 2.45) is 0 Å². The zero-order valence-electron chi connectivity index (χ0n) is 17.5. The van der Waals surface area contributed by atoms with Crippen LogP contribution in [-0.2, 0) is 11.3 Å². The van der Waals surface area contributed by atoms with Crippen LogP contribution in [0.15, 0.2) is 36.4 Å². The number of benzene rings is 2. The van der Waals surface area contributed by atoms with Crippen molar-refractivity contribution in [1.29, 1.82) is 0 Å². The van der Waals surface area contributed by atoms with Crippen LogP contribution in [0.25, 0.3) is 0 Å².